The van der Waals surface area contributed by atoms with Crippen molar-refractivity contribution >= 4 is 17.9 Å². The van der Waals surface area contributed by atoms with E-state index in [0.29, 0.717) is 19.3 Å². The van der Waals surface area contributed by atoms with E-state index in [1.807, 2.05) is 12.2 Å². The molecule has 0 spiro atoms. The van der Waals surface area contributed by atoms with Gasteiger partial charge in [0, 0.05) is 19.3 Å². The number of allylic oxidation sites excluding steroid dienone is 26. The summed E-state index contributed by atoms with van der Waals surface area (Å²) in [6, 6.07) is 0. The van der Waals surface area contributed by atoms with Gasteiger partial charge in [-0.1, -0.05) is 262 Å². The summed E-state index contributed by atoms with van der Waals surface area (Å²) in [5, 5.41) is 0. The fraction of sp³-hybridized carbons (Fsp3) is 0.597. The number of ether oxygens (including phenoxy) is 3. The predicted molar refractivity (Wildman–Crippen MR) is 338 cm³/mol. The number of hydrogen-bond acceptors (Lipinski definition) is 6. The quantitative estimate of drug-likeness (QED) is 0.0261. The van der Waals surface area contributed by atoms with Crippen LogP contribution >= 0.6 is 0 Å². The number of rotatable bonds is 55. The van der Waals surface area contributed by atoms with Crippen molar-refractivity contribution in [2.45, 2.75) is 264 Å². The molecule has 0 radical (unpaired) electrons. The maximum absolute atomic E-state index is 12.8. The van der Waals surface area contributed by atoms with Gasteiger partial charge in [-0.05, 0) is 135 Å². The van der Waals surface area contributed by atoms with Crippen LogP contribution in [0.1, 0.15) is 258 Å². The van der Waals surface area contributed by atoms with Gasteiger partial charge < -0.3 is 14.2 Å². The van der Waals surface area contributed by atoms with Gasteiger partial charge in [0.25, 0.3) is 0 Å². The van der Waals surface area contributed by atoms with Gasteiger partial charge in [0.1, 0.15) is 13.2 Å². The first kappa shape index (κ1) is 73.0. The van der Waals surface area contributed by atoms with Crippen molar-refractivity contribution in [3.8, 4) is 0 Å². The molecule has 0 saturated heterocycles. The molecule has 0 bridgehead atoms. The van der Waals surface area contributed by atoms with Crippen LogP contribution in [0, 0.1) is 0 Å². The van der Waals surface area contributed by atoms with Crippen LogP contribution in [0.25, 0.3) is 0 Å². The third-order valence-corrected chi connectivity index (χ3v) is 12.8. The molecule has 0 aliphatic rings. The lowest BCUT2D eigenvalue weighted by atomic mass is 10.1. The maximum Gasteiger partial charge on any atom is 0.306 e. The third-order valence-electron chi connectivity index (χ3n) is 12.8. The van der Waals surface area contributed by atoms with E-state index in [4.69, 9.17) is 14.2 Å². The first-order valence-corrected chi connectivity index (χ1v) is 31.5. The second-order valence-corrected chi connectivity index (χ2v) is 20.2. The number of unbranched alkanes of at least 4 members (excludes halogenated alkanes) is 18. The molecule has 0 aliphatic heterocycles. The summed E-state index contributed by atoms with van der Waals surface area (Å²) in [5.41, 5.74) is 0. The second kappa shape index (κ2) is 64.6. The second-order valence-electron chi connectivity index (χ2n) is 20.2. The molecule has 6 heteroatoms. The van der Waals surface area contributed by atoms with Crippen molar-refractivity contribution in [1.29, 1.82) is 0 Å². The van der Waals surface area contributed by atoms with Crippen LogP contribution in [-0.2, 0) is 28.6 Å². The Morgan fingerprint density at radius 2 is 0.526 bits per heavy atom. The van der Waals surface area contributed by atoms with Gasteiger partial charge in [-0.3, -0.25) is 14.4 Å². The van der Waals surface area contributed by atoms with Crippen molar-refractivity contribution in [3.05, 3.63) is 158 Å². The van der Waals surface area contributed by atoms with Gasteiger partial charge in [-0.2, -0.15) is 0 Å². The van der Waals surface area contributed by atoms with Gasteiger partial charge in [0.15, 0.2) is 6.10 Å². The van der Waals surface area contributed by atoms with Crippen LogP contribution in [-0.4, -0.2) is 37.2 Å². The van der Waals surface area contributed by atoms with Crippen LogP contribution in [0.15, 0.2) is 158 Å². The fourth-order valence-corrected chi connectivity index (χ4v) is 8.11. The Morgan fingerprint density at radius 3 is 0.872 bits per heavy atom. The Labute approximate surface area is 480 Å². The molecule has 0 heterocycles. The zero-order chi connectivity index (χ0) is 56.4. The standard InChI is InChI=1S/C72H114O6/c1-4-7-10-13-16-19-22-25-27-28-29-30-31-32-33-34-35-36-37-38-39-40-41-42-43-44-45-48-50-53-56-59-62-65-71(74)77-68-69(67-76-70(73)64-61-58-55-52-49-46-24-21-18-15-12-9-6-3)78-72(75)66-63-60-57-54-51-47-26-23-20-17-14-11-8-5-2/h7,9-10,12,16,18-19,21,23,25-27,29-30,32-33,35-36,38-39,41-42,46,49,55,58,69H,4-6,8,11,13-15,17,20,22,24,28,31,34,37,40,43-45,47-48,50-54,56-57,59-68H2,1-3H3/b10-7-,12-9-,19-16-,21-18-,26-23-,27-25-,30-29-,33-32-,36-35-,39-38-,42-41-,49-46-,58-55-. The van der Waals surface area contributed by atoms with E-state index in [9.17, 15) is 14.4 Å². The summed E-state index contributed by atoms with van der Waals surface area (Å²) in [5.74, 6) is -1.02. The van der Waals surface area contributed by atoms with Crippen LogP contribution in [0.4, 0.5) is 0 Å². The summed E-state index contributed by atoms with van der Waals surface area (Å²) >= 11 is 0. The average Bonchev–Trinajstić information content (AvgIpc) is 3.44. The molecule has 0 N–H and O–H groups in total. The lowest BCUT2D eigenvalue weighted by molar-refractivity contribution is -0.166. The van der Waals surface area contributed by atoms with E-state index in [1.54, 1.807) is 0 Å². The number of hydrogen-bond donors (Lipinski definition) is 0. The molecule has 0 saturated carbocycles. The molecule has 0 aliphatic carbocycles. The highest BCUT2D eigenvalue weighted by Crippen LogP contribution is 2.14. The van der Waals surface area contributed by atoms with Gasteiger partial charge in [0.05, 0.1) is 0 Å². The first-order chi connectivity index (χ1) is 38.5. The van der Waals surface area contributed by atoms with Gasteiger partial charge in [0.2, 0.25) is 0 Å². The van der Waals surface area contributed by atoms with E-state index < -0.39 is 6.10 Å². The van der Waals surface area contributed by atoms with Gasteiger partial charge in [-0.15, -0.1) is 0 Å². The van der Waals surface area contributed by atoms with Crippen LogP contribution in [0.5, 0.6) is 0 Å². The van der Waals surface area contributed by atoms with E-state index >= 15 is 0 Å². The average molecular weight is 1080 g/mol. The molecule has 0 amide bonds. The molecule has 0 rings (SSSR count). The van der Waals surface area contributed by atoms with Crippen molar-refractivity contribution in [2.75, 3.05) is 13.2 Å². The summed E-state index contributed by atoms with van der Waals surface area (Å²) in [7, 11) is 0. The largest absolute Gasteiger partial charge is 0.462 e. The van der Waals surface area contributed by atoms with Crippen molar-refractivity contribution in [1.82, 2.24) is 0 Å². The molecular weight excluding hydrogens is 961 g/mol. The molecule has 1 atom stereocenters. The molecule has 0 aromatic heterocycles. The zero-order valence-electron chi connectivity index (χ0n) is 50.1. The van der Waals surface area contributed by atoms with Crippen molar-refractivity contribution in [2.24, 2.45) is 0 Å². The number of carbonyl (C=O) groups excluding carboxylic acids is 3. The summed E-state index contributed by atoms with van der Waals surface area (Å²) in [6.45, 7) is 6.31. The molecule has 1 unspecified atom stereocenters. The van der Waals surface area contributed by atoms with Gasteiger partial charge in [-0.25, -0.2) is 0 Å². The predicted octanol–water partition coefficient (Wildman–Crippen LogP) is 21.7. The van der Waals surface area contributed by atoms with E-state index in [-0.39, 0.29) is 37.5 Å². The molecule has 78 heavy (non-hydrogen) atoms. The van der Waals surface area contributed by atoms with Crippen molar-refractivity contribution < 1.29 is 28.6 Å². The Balaban J connectivity index is 4.32. The van der Waals surface area contributed by atoms with Gasteiger partial charge >= 0.3 is 17.9 Å². The van der Waals surface area contributed by atoms with E-state index in [2.05, 4.69) is 167 Å². The normalized spacial score (nSPS) is 13.2. The zero-order valence-corrected chi connectivity index (χ0v) is 50.1. The smallest absolute Gasteiger partial charge is 0.306 e. The Bertz CT molecular complexity index is 1760. The molecule has 438 valence electrons. The molecule has 0 aromatic carbocycles. The summed E-state index contributed by atoms with van der Waals surface area (Å²) in [6.07, 6.45) is 94.1. The van der Waals surface area contributed by atoms with Crippen LogP contribution < -0.4 is 0 Å². The molecular formula is C72H114O6. The minimum atomic E-state index is -0.821. The Hall–Kier alpha value is -4.97. The highest BCUT2D eigenvalue weighted by Gasteiger charge is 2.19. The minimum Gasteiger partial charge on any atom is -0.462 e. The van der Waals surface area contributed by atoms with Crippen molar-refractivity contribution in [3.63, 3.8) is 0 Å². The monoisotopic (exact) mass is 1070 g/mol. The number of carbonyl (C=O) groups is 3. The lowest BCUT2D eigenvalue weighted by Crippen LogP contribution is -2.30. The lowest BCUT2D eigenvalue weighted by Gasteiger charge is -2.18. The third kappa shape index (κ3) is 61.9. The molecule has 6 nitrogen and oxygen atoms in total. The SMILES string of the molecule is CC/C=C\C/C=C\C/C=C\C/C=C\C/C=C\C/C=C\C/C=C\C/C=C\CCCCCCCCCCC(=O)OCC(COC(=O)CC/C=C\C/C=C\C/C=C\C/C=C\CC)OC(=O)CCCCCCC/C=C\CCCCCCC. The Kier molecular flexibility index (Phi) is 60.4. The fourth-order valence-electron chi connectivity index (χ4n) is 8.11. The highest BCUT2D eigenvalue weighted by atomic mass is 16.6. The Morgan fingerprint density at radius 1 is 0.269 bits per heavy atom. The number of esters is 3. The van der Waals surface area contributed by atoms with Crippen LogP contribution in [0.2, 0.25) is 0 Å². The topological polar surface area (TPSA) is 78.9 Å². The first-order valence-electron chi connectivity index (χ1n) is 31.5. The van der Waals surface area contributed by atoms with Crippen LogP contribution in [0.3, 0.4) is 0 Å². The minimum absolute atomic E-state index is 0.113. The summed E-state index contributed by atoms with van der Waals surface area (Å²) < 4.78 is 16.8. The maximum atomic E-state index is 12.8. The highest BCUT2D eigenvalue weighted by molar-refractivity contribution is 5.71. The van der Waals surface area contributed by atoms with E-state index in [1.165, 1.54) is 77.0 Å². The summed E-state index contributed by atoms with van der Waals surface area (Å²) in [4.78, 5) is 38.2. The van der Waals surface area contributed by atoms with E-state index in [0.717, 1.165) is 135 Å². The molecule has 0 fully saturated rings. The molecule has 0 aromatic rings.